The van der Waals surface area contributed by atoms with Crippen molar-refractivity contribution in [1.82, 2.24) is 20.7 Å². The third-order valence-corrected chi connectivity index (χ3v) is 8.68. The highest BCUT2D eigenvalue weighted by Gasteiger charge is 2.39. The number of thioether (sulfide) groups is 1. The molecule has 1 saturated heterocycles. The number of halogens is 2. The molecular formula is C33H40F2N6O6S. The first kappa shape index (κ1) is 34.9. The number of hydrogen-bond donors (Lipinski definition) is 3. The number of anilines is 2. The third-order valence-electron chi connectivity index (χ3n) is 7.61. The maximum Gasteiger partial charge on any atom is 0.426 e. The smallest absolute Gasteiger partial charge is 0.426 e. The molecule has 5 rings (SSSR count). The van der Waals surface area contributed by atoms with Crippen molar-refractivity contribution < 1.29 is 37.4 Å². The molecule has 0 radical (unpaired) electrons. The number of Topliss-reactive ketones (excluding diaryl/α,β-unsaturated/α-hetero) is 1. The van der Waals surface area contributed by atoms with E-state index in [9.17, 15) is 28.0 Å². The molecule has 12 nitrogen and oxygen atoms in total. The number of aromatic nitrogens is 1. The van der Waals surface area contributed by atoms with Crippen molar-refractivity contribution in [3.8, 4) is 0 Å². The summed E-state index contributed by atoms with van der Waals surface area (Å²) in [6, 6.07) is 3.14. The Kier molecular flexibility index (Phi) is 9.90. The van der Waals surface area contributed by atoms with E-state index in [1.54, 1.807) is 41.5 Å². The summed E-state index contributed by atoms with van der Waals surface area (Å²) in [7, 11) is 0. The molecule has 258 valence electrons. The highest BCUT2D eigenvalue weighted by atomic mass is 32.2. The average molecular weight is 687 g/mol. The zero-order chi connectivity index (χ0) is 35.0. The average Bonchev–Trinajstić information content (AvgIpc) is 3.54. The van der Waals surface area contributed by atoms with E-state index in [2.05, 4.69) is 21.0 Å². The third kappa shape index (κ3) is 8.00. The molecular weight excluding hydrogens is 646 g/mol. The van der Waals surface area contributed by atoms with E-state index >= 15 is 0 Å². The highest BCUT2D eigenvalue weighted by molar-refractivity contribution is 8.02. The van der Waals surface area contributed by atoms with Crippen molar-refractivity contribution in [2.75, 3.05) is 23.3 Å². The van der Waals surface area contributed by atoms with Gasteiger partial charge in [0.2, 0.25) is 0 Å². The summed E-state index contributed by atoms with van der Waals surface area (Å²) in [6.07, 6.45) is 2.04. The minimum Gasteiger partial charge on any atom is -0.444 e. The van der Waals surface area contributed by atoms with Crippen molar-refractivity contribution in [3.63, 3.8) is 0 Å². The quantitative estimate of drug-likeness (QED) is 0.334. The van der Waals surface area contributed by atoms with Crippen LogP contribution in [-0.2, 0) is 20.7 Å². The lowest BCUT2D eigenvalue weighted by Gasteiger charge is -2.37. The summed E-state index contributed by atoms with van der Waals surface area (Å²) < 4.78 is 40.7. The molecule has 2 aromatic rings. The molecule has 0 spiro atoms. The topological polar surface area (TPSA) is 142 Å². The summed E-state index contributed by atoms with van der Waals surface area (Å²) in [6.45, 7) is 11.3. The first-order chi connectivity index (χ1) is 22.5. The maximum atomic E-state index is 14.9. The minimum absolute atomic E-state index is 0.107. The van der Waals surface area contributed by atoms with Gasteiger partial charge in [-0.1, -0.05) is 17.8 Å². The van der Waals surface area contributed by atoms with E-state index in [1.807, 2.05) is 4.90 Å². The monoisotopic (exact) mass is 686 g/mol. The van der Waals surface area contributed by atoms with Crippen molar-refractivity contribution >= 4 is 47.0 Å². The lowest BCUT2D eigenvalue weighted by molar-refractivity contribution is -0.114. The summed E-state index contributed by atoms with van der Waals surface area (Å²) in [5.74, 6) is -2.52. The molecule has 3 N–H and O–H groups in total. The van der Waals surface area contributed by atoms with Crippen LogP contribution in [0.4, 0.5) is 29.7 Å². The Morgan fingerprint density at radius 1 is 1.00 bits per heavy atom. The summed E-state index contributed by atoms with van der Waals surface area (Å²) >= 11 is 0.931. The van der Waals surface area contributed by atoms with E-state index < -0.39 is 46.3 Å². The van der Waals surface area contributed by atoms with Gasteiger partial charge in [-0.25, -0.2) is 23.8 Å². The van der Waals surface area contributed by atoms with Gasteiger partial charge in [0.15, 0.2) is 5.78 Å². The van der Waals surface area contributed by atoms with Gasteiger partial charge in [0.1, 0.15) is 39.6 Å². The Balaban J connectivity index is 1.44. The first-order valence-electron chi connectivity index (χ1n) is 15.7. The highest BCUT2D eigenvalue weighted by Crippen LogP contribution is 2.44. The van der Waals surface area contributed by atoms with Crippen molar-refractivity contribution in [2.45, 2.75) is 89.8 Å². The Morgan fingerprint density at radius 2 is 1.67 bits per heavy atom. The number of rotatable bonds is 6. The van der Waals surface area contributed by atoms with Gasteiger partial charge in [0.25, 0.3) is 5.91 Å². The maximum absolute atomic E-state index is 14.9. The molecule has 0 saturated carbocycles. The largest absolute Gasteiger partial charge is 0.444 e. The Morgan fingerprint density at radius 3 is 2.33 bits per heavy atom. The summed E-state index contributed by atoms with van der Waals surface area (Å²) in [5.41, 5.74) is 2.37. The van der Waals surface area contributed by atoms with Gasteiger partial charge < -0.3 is 25.0 Å². The molecule has 1 aromatic heterocycles. The predicted molar refractivity (Wildman–Crippen MR) is 176 cm³/mol. The first-order valence-corrected chi connectivity index (χ1v) is 16.6. The molecule has 0 bridgehead atoms. The molecule has 3 amide bonds. The second-order valence-corrected chi connectivity index (χ2v) is 14.7. The molecule has 15 heteroatoms. The molecule has 3 heterocycles. The predicted octanol–water partition coefficient (Wildman–Crippen LogP) is 5.95. The molecule has 1 aliphatic carbocycles. The van der Waals surface area contributed by atoms with Crippen LogP contribution in [-0.4, -0.2) is 64.2 Å². The number of hydrogen-bond acceptors (Lipinski definition) is 10. The number of nitrogens with one attached hydrogen (secondary N) is 3. The zero-order valence-corrected chi connectivity index (χ0v) is 28.6. The molecule has 1 fully saturated rings. The number of piperidine rings is 1. The van der Waals surface area contributed by atoms with E-state index in [-0.39, 0.29) is 29.5 Å². The van der Waals surface area contributed by atoms with Crippen LogP contribution in [0.3, 0.4) is 0 Å². The van der Waals surface area contributed by atoms with Crippen LogP contribution in [0.5, 0.6) is 0 Å². The second kappa shape index (κ2) is 13.6. The summed E-state index contributed by atoms with van der Waals surface area (Å²) in [5, 5.41) is 7.08. The molecule has 3 aliphatic rings. The fourth-order valence-corrected chi connectivity index (χ4v) is 6.91. The molecule has 2 atom stereocenters. The van der Waals surface area contributed by atoms with Gasteiger partial charge in [0, 0.05) is 36.5 Å². The number of nitrogens with zero attached hydrogens (tertiary/aromatic N) is 3. The number of ketones is 1. The van der Waals surface area contributed by atoms with Crippen LogP contribution in [0.2, 0.25) is 0 Å². The Hall–Kier alpha value is -4.40. The Labute approximate surface area is 281 Å². The van der Waals surface area contributed by atoms with Crippen molar-refractivity contribution in [3.05, 3.63) is 64.0 Å². The van der Waals surface area contributed by atoms with Crippen molar-refractivity contribution in [1.29, 1.82) is 0 Å². The van der Waals surface area contributed by atoms with Crippen LogP contribution >= 0.6 is 11.8 Å². The van der Waals surface area contributed by atoms with Crippen LogP contribution in [0.1, 0.15) is 87.8 Å². The number of benzene rings is 1. The zero-order valence-electron chi connectivity index (χ0n) is 27.7. The van der Waals surface area contributed by atoms with Gasteiger partial charge in [-0.15, -0.1) is 0 Å². The minimum atomic E-state index is -1.17. The molecule has 1 unspecified atom stereocenters. The Bertz CT molecular complexity index is 1640. The number of fused-ring (bicyclic) bond motifs is 1. The van der Waals surface area contributed by atoms with Gasteiger partial charge in [-0.3, -0.25) is 19.6 Å². The SMILES string of the molecule is CC(C)(C)OC(=O)N[C@H]1CCCN(c2c(NC(=O)C3=CSC(c4c(F)cccc4F)N3NC(=O)OC(C)(C)C)cnc3c2CCC3=O)C1. The summed E-state index contributed by atoms with van der Waals surface area (Å²) in [4.78, 5) is 58.5. The number of hydrazine groups is 1. The van der Waals surface area contributed by atoms with Crippen LogP contribution in [0.15, 0.2) is 35.5 Å². The number of carbonyl (C=O) groups excluding carboxylic acids is 4. The fraction of sp³-hybridized carbons (Fsp3) is 0.485. The van der Waals surface area contributed by atoms with E-state index in [4.69, 9.17) is 9.47 Å². The van der Waals surface area contributed by atoms with E-state index in [0.29, 0.717) is 55.0 Å². The molecule has 2 aliphatic heterocycles. The van der Waals surface area contributed by atoms with E-state index in [0.717, 1.165) is 28.9 Å². The standard InChI is InChI=1S/C33H40F2N6O6S/c1-32(2,3)46-30(44)37-18-9-8-14-40(16-18)27-19-12-13-24(42)26(19)36-15-22(27)38-28(43)23-17-48-29(25-20(34)10-7-11-21(25)35)41(23)39-31(45)47-33(4,5)6/h7,10-11,15,17-18,29H,8-9,12-14,16H2,1-6H3,(H,37,44)(H,38,43)(H,39,45)/t18-,29?/m0/s1. The number of alkyl carbamates (subject to hydrolysis) is 1. The number of carbonyl (C=O) groups is 4. The van der Waals surface area contributed by atoms with Gasteiger partial charge in [-0.05, 0) is 72.9 Å². The van der Waals surface area contributed by atoms with E-state index in [1.165, 1.54) is 17.7 Å². The lowest BCUT2D eigenvalue weighted by Crippen LogP contribution is -2.49. The van der Waals surface area contributed by atoms with Crippen LogP contribution < -0.4 is 21.0 Å². The van der Waals surface area contributed by atoms with Gasteiger partial charge >= 0.3 is 12.2 Å². The van der Waals surface area contributed by atoms with Gasteiger partial charge in [0.05, 0.1) is 23.1 Å². The lowest BCUT2D eigenvalue weighted by atomic mass is 10.0. The van der Waals surface area contributed by atoms with Gasteiger partial charge in [-0.2, -0.15) is 0 Å². The number of amides is 3. The number of ether oxygens (including phenoxy) is 2. The fourth-order valence-electron chi connectivity index (χ4n) is 5.79. The van der Waals surface area contributed by atoms with Crippen LogP contribution in [0.25, 0.3) is 0 Å². The van der Waals surface area contributed by atoms with Crippen molar-refractivity contribution in [2.24, 2.45) is 0 Å². The molecule has 48 heavy (non-hydrogen) atoms. The second-order valence-electron chi connectivity index (χ2n) is 13.8. The van der Waals surface area contributed by atoms with Crippen LogP contribution in [0, 0.1) is 11.6 Å². The molecule has 1 aromatic carbocycles. The number of pyridine rings is 1. The normalized spacial score (nSPS) is 19.4.